The number of carbonyl (C=O) groups is 2. The van der Waals surface area contributed by atoms with Crippen LogP contribution in [0.2, 0.25) is 0 Å². The first-order valence-corrected chi connectivity index (χ1v) is 9.28. The summed E-state index contributed by atoms with van der Waals surface area (Å²) in [6, 6.07) is 0.188. The predicted octanol–water partition coefficient (Wildman–Crippen LogP) is 0.253. The quantitative estimate of drug-likeness (QED) is 0.742. The summed E-state index contributed by atoms with van der Waals surface area (Å²) in [5.74, 6) is -0.798. The number of carbonyl (C=O) groups excluding carboxylic acids is 2. The Bertz CT molecular complexity index is 511. The molecule has 0 radical (unpaired) electrons. The van der Waals surface area contributed by atoms with E-state index in [1.807, 2.05) is 6.92 Å². The minimum atomic E-state index is -3.30. The van der Waals surface area contributed by atoms with E-state index in [9.17, 15) is 18.0 Å². The molecule has 7 nitrogen and oxygen atoms in total. The second kappa shape index (κ2) is 6.21. The average Bonchev–Trinajstić information content (AvgIpc) is 2.78. The van der Waals surface area contributed by atoms with Gasteiger partial charge in [0.15, 0.2) is 9.84 Å². The zero-order valence-corrected chi connectivity index (χ0v) is 13.3. The fourth-order valence-electron chi connectivity index (χ4n) is 2.94. The number of nitrogens with zero attached hydrogens (tertiary/aromatic N) is 2. The molecular weight excluding hydrogens is 296 g/mol. The van der Waals surface area contributed by atoms with Crippen LogP contribution in [0.25, 0.3) is 0 Å². The molecule has 8 heteroatoms. The van der Waals surface area contributed by atoms with E-state index < -0.39 is 15.6 Å². The first-order chi connectivity index (χ1) is 9.81. The van der Waals surface area contributed by atoms with Crippen molar-refractivity contribution in [1.82, 2.24) is 9.80 Å². The van der Waals surface area contributed by atoms with Gasteiger partial charge >= 0.3 is 6.09 Å². The lowest BCUT2D eigenvalue weighted by atomic mass is 10.0. The van der Waals surface area contributed by atoms with Gasteiger partial charge in [-0.05, 0) is 19.3 Å². The van der Waals surface area contributed by atoms with Gasteiger partial charge in [-0.25, -0.2) is 13.2 Å². The van der Waals surface area contributed by atoms with E-state index in [1.54, 1.807) is 9.80 Å². The van der Waals surface area contributed by atoms with Gasteiger partial charge in [-0.2, -0.15) is 0 Å². The van der Waals surface area contributed by atoms with Crippen molar-refractivity contribution in [2.45, 2.75) is 38.3 Å². The van der Waals surface area contributed by atoms with Crippen molar-refractivity contribution in [2.75, 3.05) is 31.7 Å². The highest BCUT2D eigenvalue weighted by molar-refractivity contribution is 7.91. The van der Waals surface area contributed by atoms with Crippen LogP contribution in [0.3, 0.4) is 0 Å². The summed E-state index contributed by atoms with van der Waals surface area (Å²) < 4.78 is 27.4. The third-order valence-corrected chi connectivity index (χ3v) is 4.84. The summed E-state index contributed by atoms with van der Waals surface area (Å²) in [4.78, 5) is 27.0. The minimum absolute atomic E-state index is 0.0761. The molecule has 0 bridgehead atoms. The van der Waals surface area contributed by atoms with E-state index in [2.05, 4.69) is 0 Å². The highest BCUT2D eigenvalue weighted by Gasteiger charge is 2.39. The van der Waals surface area contributed by atoms with Crippen molar-refractivity contribution in [1.29, 1.82) is 0 Å². The third-order valence-electron chi connectivity index (χ3n) is 4.07. The van der Waals surface area contributed by atoms with Crippen LogP contribution in [-0.2, 0) is 19.4 Å². The van der Waals surface area contributed by atoms with Crippen LogP contribution in [0.4, 0.5) is 4.79 Å². The molecule has 2 aliphatic rings. The number of piperidine rings is 1. The summed E-state index contributed by atoms with van der Waals surface area (Å²) in [5, 5.41) is 0. The summed E-state index contributed by atoms with van der Waals surface area (Å²) in [7, 11) is -3.30. The predicted molar refractivity (Wildman–Crippen MR) is 76.6 cm³/mol. The lowest BCUT2D eigenvalue weighted by molar-refractivity contribution is -0.129. The molecule has 0 aromatic rings. The number of cyclic esters (lactones) is 1. The topological polar surface area (TPSA) is 84.0 Å². The number of ether oxygens (including phenoxy) is 1. The summed E-state index contributed by atoms with van der Waals surface area (Å²) >= 11 is 0. The Labute approximate surface area is 125 Å². The van der Waals surface area contributed by atoms with Crippen molar-refractivity contribution in [2.24, 2.45) is 0 Å². The first kappa shape index (κ1) is 16.1. The highest BCUT2D eigenvalue weighted by atomic mass is 32.2. The third kappa shape index (κ3) is 3.87. The van der Waals surface area contributed by atoms with E-state index in [-0.39, 0.29) is 24.1 Å². The van der Waals surface area contributed by atoms with E-state index in [0.717, 1.165) is 12.7 Å². The minimum Gasteiger partial charge on any atom is -0.447 e. The molecule has 21 heavy (non-hydrogen) atoms. The molecular formula is C13H22N2O5S. The Hall–Kier alpha value is -1.31. The van der Waals surface area contributed by atoms with Gasteiger partial charge in [-0.3, -0.25) is 9.69 Å². The summed E-state index contributed by atoms with van der Waals surface area (Å²) in [6.45, 7) is 3.42. The Morgan fingerprint density at radius 3 is 2.48 bits per heavy atom. The molecule has 0 aromatic carbocycles. The molecule has 2 aliphatic heterocycles. The largest absolute Gasteiger partial charge is 0.447 e. The van der Waals surface area contributed by atoms with Crippen LogP contribution in [0.5, 0.6) is 0 Å². The number of hydrogen-bond donors (Lipinski definition) is 0. The maximum absolute atomic E-state index is 11.9. The van der Waals surface area contributed by atoms with Gasteiger partial charge < -0.3 is 9.64 Å². The van der Waals surface area contributed by atoms with Gasteiger partial charge in [0, 0.05) is 25.4 Å². The van der Waals surface area contributed by atoms with Gasteiger partial charge in [-0.15, -0.1) is 0 Å². The Morgan fingerprint density at radius 2 is 1.95 bits per heavy atom. The molecule has 2 rings (SSSR count). The average molecular weight is 318 g/mol. The van der Waals surface area contributed by atoms with Crippen LogP contribution in [-0.4, -0.2) is 74.0 Å². The Kier molecular flexibility index (Phi) is 4.75. The molecule has 1 atom stereocenters. The molecule has 0 N–H and O–H groups in total. The maximum Gasteiger partial charge on any atom is 0.410 e. The molecule has 0 aliphatic carbocycles. The van der Waals surface area contributed by atoms with E-state index in [4.69, 9.17) is 4.74 Å². The molecule has 0 spiro atoms. The van der Waals surface area contributed by atoms with Gasteiger partial charge in [0.05, 0.1) is 6.04 Å². The lowest BCUT2D eigenvalue weighted by Crippen LogP contribution is -2.50. The standard InChI is InChI=1S/C13H22N2O5S/c1-3-10-8-20-13(17)15(10)11-4-6-14(7-5-11)12(16)9-21(2,18)19/h10-11H,3-9H2,1-2H3. The molecule has 0 saturated carbocycles. The van der Waals surface area contributed by atoms with Crippen LogP contribution in [0, 0.1) is 0 Å². The van der Waals surface area contributed by atoms with Gasteiger partial charge in [0.2, 0.25) is 5.91 Å². The van der Waals surface area contributed by atoms with Crippen molar-refractivity contribution in [3.63, 3.8) is 0 Å². The van der Waals surface area contributed by atoms with Crippen LogP contribution >= 0.6 is 0 Å². The number of likely N-dealkylation sites (tertiary alicyclic amines) is 1. The first-order valence-electron chi connectivity index (χ1n) is 7.22. The zero-order chi connectivity index (χ0) is 15.6. The van der Waals surface area contributed by atoms with Crippen molar-refractivity contribution in [3.8, 4) is 0 Å². The fraction of sp³-hybridized carbons (Fsp3) is 0.846. The molecule has 2 heterocycles. The molecule has 2 saturated heterocycles. The van der Waals surface area contributed by atoms with Gasteiger partial charge in [0.25, 0.3) is 0 Å². The Balaban J connectivity index is 1.91. The van der Waals surface area contributed by atoms with Crippen LogP contribution < -0.4 is 0 Å². The van der Waals surface area contributed by atoms with Crippen molar-refractivity contribution < 1.29 is 22.7 Å². The number of rotatable bonds is 4. The smallest absolute Gasteiger partial charge is 0.410 e. The second-order valence-electron chi connectivity index (χ2n) is 5.73. The monoisotopic (exact) mass is 318 g/mol. The van der Waals surface area contributed by atoms with Gasteiger partial charge in [-0.1, -0.05) is 6.92 Å². The van der Waals surface area contributed by atoms with Crippen LogP contribution in [0.15, 0.2) is 0 Å². The second-order valence-corrected chi connectivity index (χ2v) is 7.87. The van der Waals surface area contributed by atoms with Crippen molar-refractivity contribution in [3.05, 3.63) is 0 Å². The number of amides is 2. The summed E-state index contributed by atoms with van der Waals surface area (Å²) in [6.07, 6.45) is 2.97. The lowest BCUT2D eigenvalue weighted by Gasteiger charge is -2.37. The zero-order valence-electron chi connectivity index (χ0n) is 12.4. The molecule has 120 valence electrons. The maximum atomic E-state index is 11.9. The molecule has 1 unspecified atom stereocenters. The van der Waals surface area contributed by atoms with E-state index in [1.165, 1.54) is 0 Å². The summed E-state index contributed by atoms with van der Waals surface area (Å²) in [5.41, 5.74) is 0. The number of sulfone groups is 1. The highest BCUT2D eigenvalue weighted by Crippen LogP contribution is 2.25. The van der Waals surface area contributed by atoms with Crippen molar-refractivity contribution >= 4 is 21.8 Å². The molecule has 0 aromatic heterocycles. The Morgan fingerprint density at radius 1 is 1.33 bits per heavy atom. The normalized spacial score (nSPS) is 24.3. The molecule has 2 fully saturated rings. The molecule has 2 amide bonds. The fourth-order valence-corrected chi connectivity index (χ4v) is 3.57. The van der Waals surface area contributed by atoms with Crippen LogP contribution in [0.1, 0.15) is 26.2 Å². The number of hydrogen-bond acceptors (Lipinski definition) is 5. The SMILES string of the molecule is CCC1COC(=O)N1C1CCN(C(=O)CS(C)(=O)=O)CC1. The van der Waals surface area contributed by atoms with Gasteiger partial charge in [0.1, 0.15) is 12.4 Å². The van der Waals surface area contributed by atoms with E-state index in [0.29, 0.717) is 32.5 Å². The van der Waals surface area contributed by atoms with E-state index >= 15 is 0 Å².